The van der Waals surface area contributed by atoms with Gasteiger partial charge in [-0.1, -0.05) is 13.8 Å². The number of nitrogens with one attached hydrogen (secondary N) is 2. The van der Waals surface area contributed by atoms with Crippen LogP contribution in [0.5, 0.6) is 17.2 Å². The van der Waals surface area contributed by atoms with Crippen LogP contribution in [-0.2, 0) is 11.3 Å². The number of aliphatic imine (C=N–C) groups is 1. The molecule has 1 aliphatic rings. The number of methoxy groups -OCH3 is 3. The lowest BCUT2D eigenvalue weighted by molar-refractivity contribution is 0.0132. The van der Waals surface area contributed by atoms with Gasteiger partial charge in [-0.3, -0.25) is 9.89 Å². The molecule has 2 N–H and O–H groups in total. The van der Waals surface area contributed by atoms with E-state index in [1.54, 1.807) is 28.4 Å². The molecule has 1 atom stereocenters. The molecule has 1 saturated heterocycles. The molecule has 1 aromatic carbocycles. The van der Waals surface area contributed by atoms with Crippen LogP contribution in [0.25, 0.3) is 0 Å². The van der Waals surface area contributed by atoms with Crippen LogP contribution in [0.4, 0.5) is 0 Å². The Balaban J connectivity index is 0.00000480. The molecule has 0 bridgehead atoms. The SMILES string of the molecule is CN=C(NCc1cc(OC)c(OC)c(OC)c1)NCC(CC(C)C)N1CCOCC1.I. The first-order valence-electron chi connectivity index (χ1n) is 10.6. The Kier molecular flexibility index (Phi) is 13.0. The van der Waals surface area contributed by atoms with E-state index in [1.165, 1.54) is 0 Å². The normalized spacial score (nSPS) is 15.8. The predicted octanol–water partition coefficient (Wildman–Crippen LogP) is 2.74. The van der Waals surface area contributed by atoms with Gasteiger partial charge >= 0.3 is 0 Å². The highest BCUT2D eigenvalue weighted by atomic mass is 127. The third kappa shape index (κ3) is 8.53. The van der Waals surface area contributed by atoms with Crippen molar-refractivity contribution in [1.29, 1.82) is 0 Å². The van der Waals surface area contributed by atoms with E-state index in [-0.39, 0.29) is 24.0 Å². The molecule has 0 amide bonds. The van der Waals surface area contributed by atoms with Gasteiger partial charge in [0.05, 0.1) is 34.5 Å². The van der Waals surface area contributed by atoms with Crippen molar-refractivity contribution < 1.29 is 18.9 Å². The second-order valence-electron chi connectivity index (χ2n) is 7.77. The molecule has 0 spiro atoms. The van der Waals surface area contributed by atoms with E-state index < -0.39 is 0 Å². The zero-order chi connectivity index (χ0) is 21.9. The fourth-order valence-electron chi connectivity index (χ4n) is 3.71. The minimum absolute atomic E-state index is 0. The third-order valence-corrected chi connectivity index (χ3v) is 5.22. The highest BCUT2D eigenvalue weighted by Crippen LogP contribution is 2.38. The fourth-order valence-corrected chi connectivity index (χ4v) is 3.71. The second kappa shape index (κ2) is 14.6. The molecule has 0 aliphatic carbocycles. The summed E-state index contributed by atoms with van der Waals surface area (Å²) < 4.78 is 21.8. The van der Waals surface area contributed by atoms with Gasteiger partial charge in [-0.2, -0.15) is 0 Å². The molecule has 9 heteroatoms. The molecule has 0 radical (unpaired) electrons. The number of ether oxygens (including phenoxy) is 4. The molecule has 31 heavy (non-hydrogen) atoms. The molecule has 8 nitrogen and oxygen atoms in total. The average molecular weight is 550 g/mol. The summed E-state index contributed by atoms with van der Waals surface area (Å²) in [5.74, 6) is 3.27. The van der Waals surface area contributed by atoms with Crippen molar-refractivity contribution in [3.05, 3.63) is 17.7 Å². The van der Waals surface area contributed by atoms with Crippen molar-refractivity contribution in [2.45, 2.75) is 32.9 Å². The van der Waals surface area contributed by atoms with Crippen LogP contribution in [0.1, 0.15) is 25.8 Å². The Morgan fingerprint density at radius 2 is 1.68 bits per heavy atom. The largest absolute Gasteiger partial charge is 0.493 e. The third-order valence-electron chi connectivity index (χ3n) is 5.22. The summed E-state index contributed by atoms with van der Waals surface area (Å²) in [6.07, 6.45) is 1.14. The van der Waals surface area contributed by atoms with Gasteiger partial charge in [0, 0.05) is 39.3 Å². The number of hydrogen-bond acceptors (Lipinski definition) is 6. The van der Waals surface area contributed by atoms with Crippen molar-refractivity contribution in [2.24, 2.45) is 10.9 Å². The van der Waals surface area contributed by atoms with Crippen LogP contribution in [0.2, 0.25) is 0 Å². The first kappa shape index (κ1) is 27.6. The van der Waals surface area contributed by atoms with Gasteiger partial charge in [0.1, 0.15) is 0 Å². The van der Waals surface area contributed by atoms with Crippen LogP contribution in [0.3, 0.4) is 0 Å². The van der Waals surface area contributed by atoms with Crippen molar-refractivity contribution >= 4 is 29.9 Å². The lowest BCUT2D eigenvalue weighted by Crippen LogP contribution is -2.50. The molecule has 1 aromatic rings. The van der Waals surface area contributed by atoms with E-state index in [2.05, 4.69) is 34.4 Å². The summed E-state index contributed by atoms with van der Waals surface area (Å²) in [6.45, 7) is 9.55. The smallest absolute Gasteiger partial charge is 0.203 e. The van der Waals surface area contributed by atoms with Gasteiger partial charge < -0.3 is 29.6 Å². The van der Waals surface area contributed by atoms with Crippen LogP contribution in [0.15, 0.2) is 17.1 Å². The quantitative estimate of drug-likeness (QED) is 0.264. The maximum Gasteiger partial charge on any atom is 0.203 e. The van der Waals surface area contributed by atoms with Gasteiger partial charge in [-0.25, -0.2) is 0 Å². The molecule has 1 unspecified atom stereocenters. The number of morpholine rings is 1. The number of halogens is 1. The first-order chi connectivity index (χ1) is 14.5. The van der Waals surface area contributed by atoms with Gasteiger partial charge in [-0.05, 0) is 30.0 Å². The van der Waals surface area contributed by atoms with E-state index in [4.69, 9.17) is 18.9 Å². The Morgan fingerprint density at radius 3 is 2.16 bits per heavy atom. The maximum absolute atomic E-state index is 5.52. The number of hydrogen-bond donors (Lipinski definition) is 2. The molecule has 178 valence electrons. The van der Waals surface area contributed by atoms with Gasteiger partial charge in [0.15, 0.2) is 17.5 Å². The zero-order valence-corrected chi connectivity index (χ0v) is 22.0. The van der Waals surface area contributed by atoms with E-state index in [9.17, 15) is 0 Å². The van der Waals surface area contributed by atoms with Crippen molar-refractivity contribution in [1.82, 2.24) is 15.5 Å². The summed E-state index contributed by atoms with van der Waals surface area (Å²) in [5, 5.41) is 6.87. The highest BCUT2D eigenvalue weighted by Gasteiger charge is 2.22. The van der Waals surface area contributed by atoms with Crippen LogP contribution >= 0.6 is 24.0 Å². The number of benzene rings is 1. The summed E-state index contributed by atoms with van der Waals surface area (Å²) in [6, 6.07) is 4.34. The van der Waals surface area contributed by atoms with Crippen LogP contribution in [-0.4, -0.2) is 78.1 Å². The highest BCUT2D eigenvalue weighted by molar-refractivity contribution is 14.0. The average Bonchev–Trinajstić information content (AvgIpc) is 2.77. The maximum atomic E-state index is 5.52. The predicted molar refractivity (Wildman–Crippen MR) is 135 cm³/mol. The monoisotopic (exact) mass is 550 g/mol. The molecular formula is C22H39IN4O4. The molecule has 0 aromatic heterocycles. The lowest BCUT2D eigenvalue weighted by atomic mass is 10.0. The number of nitrogens with zero attached hydrogens (tertiary/aromatic N) is 2. The number of guanidine groups is 1. The summed E-state index contributed by atoms with van der Waals surface area (Å²) in [4.78, 5) is 6.90. The fraction of sp³-hybridized carbons (Fsp3) is 0.682. The molecule has 1 heterocycles. The molecule has 2 rings (SSSR count). The standard InChI is InChI=1S/C22H38N4O4.HI/c1-16(2)11-18(26-7-9-30-10-8-26)15-25-22(23-3)24-14-17-12-19(27-4)21(29-6)20(13-17)28-5;/h12-13,16,18H,7-11,14-15H2,1-6H3,(H2,23,24,25);1H. The second-order valence-corrected chi connectivity index (χ2v) is 7.77. The summed E-state index contributed by atoms with van der Waals surface area (Å²) >= 11 is 0. The number of rotatable bonds is 10. The molecule has 1 aliphatic heterocycles. The van der Waals surface area contributed by atoms with E-state index in [1.807, 2.05) is 12.1 Å². The van der Waals surface area contributed by atoms with E-state index >= 15 is 0 Å². The van der Waals surface area contributed by atoms with Crippen molar-refractivity contribution in [3.8, 4) is 17.2 Å². The van der Waals surface area contributed by atoms with Crippen molar-refractivity contribution in [3.63, 3.8) is 0 Å². The Morgan fingerprint density at radius 1 is 1.06 bits per heavy atom. The Hall–Kier alpha value is -1.46. The minimum Gasteiger partial charge on any atom is -0.493 e. The van der Waals surface area contributed by atoms with Crippen molar-refractivity contribution in [2.75, 3.05) is 61.2 Å². The Labute approximate surface area is 204 Å². The molecular weight excluding hydrogens is 511 g/mol. The van der Waals surface area contributed by atoms with Crippen LogP contribution in [0, 0.1) is 5.92 Å². The van der Waals surface area contributed by atoms with E-state index in [0.29, 0.717) is 35.8 Å². The summed E-state index contributed by atoms with van der Waals surface area (Å²) in [7, 11) is 6.63. The molecule has 1 fully saturated rings. The Bertz CT molecular complexity index is 656. The van der Waals surface area contributed by atoms with Gasteiger partial charge in [0.25, 0.3) is 0 Å². The summed E-state index contributed by atoms with van der Waals surface area (Å²) in [5.41, 5.74) is 1.01. The zero-order valence-electron chi connectivity index (χ0n) is 19.7. The van der Waals surface area contributed by atoms with Gasteiger partial charge in [-0.15, -0.1) is 24.0 Å². The van der Waals surface area contributed by atoms with Crippen LogP contribution < -0.4 is 24.8 Å². The lowest BCUT2D eigenvalue weighted by Gasteiger charge is -2.35. The molecule has 0 saturated carbocycles. The minimum atomic E-state index is 0. The van der Waals surface area contributed by atoms with Gasteiger partial charge in [0.2, 0.25) is 5.75 Å². The first-order valence-corrected chi connectivity index (χ1v) is 10.6. The topological polar surface area (TPSA) is 76.6 Å². The van der Waals surface area contributed by atoms with E-state index in [0.717, 1.165) is 50.8 Å².